The number of hydrogen-bond acceptors (Lipinski definition) is 4. The lowest BCUT2D eigenvalue weighted by molar-refractivity contribution is 0.538. The fraction of sp³-hybridized carbons (Fsp3) is 0.765. The van der Waals surface area contributed by atoms with Gasteiger partial charge in [-0.3, -0.25) is 0 Å². The largest absolute Gasteiger partial charge is 0.370 e. The number of rotatable bonds is 5. The lowest BCUT2D eigenvalue weighted by Gasteiger charge is -2.21. The fourth-order valence-electron chi connectivity index (χ4n) is 2.53. The minimum Gasteiger partial charge on any atom is -0.370 e. The zero-order chi connectivity index (χ0) is 15.5. The minimum atomic E-state index is -0.0126. The molecule has 1 aromatic rings. The molecule has 1 saturated carbocycles. The van der Waals surface area contributed by atoms with E-state index in [1.54, 1.807) is 0 Å². The number of thioether (sulfide) groups is 1. The van der Waals surface area contributed by atoms with Gasteiger partial charge < -0.3 is 5.32 Å². The van der Waals surface area contributed by atoms with Gasteiger partial charge in [0.15, 0.2) is 0 Å². The molecule has 0 aromatic carbocycles. The van der Waals surface area contributed by atoms with Crippen LogP contribution in [0.5, 0.6) is 0 Å². The molecule has 1 aliphatic rings. The Morgan fingerprint density at radius 1 is 1.19 bits per heavy atom. The smallest absolute Gasteiger partial charge is 0.137 e. The molecular formula is C17H29N3S. The molecule has 0 aliphatic heterocycles. The Morgan fingerprint density at radius 3 is 2.43 bits per heavy atom. The third-order valence-corrected chi connectivity index (χ3v) is 5.32. The number of nitrogens with zero attached hydrogens (tertiary/aromatic N) is 2. The molecule has 0 unspecified atom stereocenters. The van der Waals surface area contributed by atoms with Crippen molar-refractivity contribution < 1.29 is 0 Å². The first-order valence-corrected chi connectivity index (χ1v) is 9.09. The van der Waals surface area contributed by atoms with Crippen molar-refractivity contribution in [3.63, 3.8) is 0 Å². The van der Waals surface area contributed by atoms with Gasteiger partial charge in [0.2, 0.25) is 0 Å². The summed E-state index contributed by atoms with van der Waals surface area (Å²) < 4.78 is 0. The Morgan fingerprint density at radius 2 is 1.86 bits per heavy atom. The van der Waals surface area contributed by atoms with E-state index < -0.39 is 0 Å². The number of hydrogen-bond donors (Lipinski definition) is 1. The van der Waals surface area contributed by atoms with Crippen molar-refractivity contribution in [1.29, 1.82) is 0 Å². The molecule has 0 atom stereocenters. The highest BCUT2D eigenvalue weighted by Gasteiger charge is 2.24. The topological polar surface area (TPSA) is 37.8 Å². The first-order valence-electron chi connectivity index (χ1n) is 8.21. The monoisotopic (exact) mass is 307 g/mol. The van der Waals surface area contributed by atoms with Gasteiger partial charge in [-0.1, -0.05) is 40.5 Å². The molecular weight excluding hydrogens is 278 g/mol. The normalized spacial score (nSPS) is 16.4. The van der Waals surface area contributed by atoms with Crippen LogP contribution in [-0.4, -0.2) is 21.8 Å². The molecule has 4 heteroatoms. The highest BCUT2D eigenvalue weighted by molar-refractivity contribution is 7.99. The first-order chi connectivity index (χ1) is 9.91. The van der Waals surface area contributed by atoms with Gasteiger partial charge in [0.05, 0.1) is 0 Å². The molecule has 0 bridgehead atoms. The zero-order valence-corrected chi connectivity index (χ0v) is 14.9. The van der Waals surface area contributed by atoms with Crippen LogP contribution in [0.1, 0.15) is 71.2 Å². The summed E-state index contributed by atoms with van der Waals surface area (Å²) in [6, 6.07) is 0. The Bertz CT molecular complexity index is 474. The predicted molar refractivity (Wildman–Crippen MR) is 92.4 cm³/mol. The maximum Gasteiger partial charge on any atom is 0.137 e. The molecule has 0 spiro atoms. The van der Waals surface area contributed by atoms with Gasteiger partial charge in [0.25, 0.3) is 0 Å². The fourth-order valence-corrected chi connectivity index (χ4v) is 3.82. The third-order valence-electron chi connectivity index (χ3n) is 3.89. The summed E-state index contributed by atoms with van der Waals surface area (Å²) in [5.41, 5.74) is 1.20. The molecule has 118 valence electrons. The summed E-state index contributed by atoms with van der Waals surface area (Å²) in [7, 11) is 0. The summed E-state index contributed by atoms with van der Waals surface area (Å²) >= 11 is 1.96. The standard InChI is InChI=1S/C17H29N3S/c1-6-11-18-14-12(2)15(21-13-9-7-8-10-13)20-16(19-14)17(3,4)5/h13H,6-11H2,1-5H3,(H,18,19,20). The molecule has 0 amide bonds. The molecule has 0 saturated heterocycles. The molecule has 1 heterocycles. The van der Waals surface area contributed by atoms with E-state index in [1.165, 1.54) is 36.3 Å². The van der Waals surface area contributed by atoms with E-state index in [9.17, 15) is 0 Å². The lowest BCUT2D eigenvalue weighted by Crippen LogP contribution is -2.19. The second-order valence-electron chi connectivity index (χ2n) is 7.03. The minimum absolute atomic E-state index is 0.0126. The molecule has 21 heavy (non-hydrogen) atoms. The zero-order valence-electron chi connectivity index (χ0n) is 14.1. The Kier molecular flexibility index (Phi) is 5.53. The average molecular weight is 308 g/mol. The summed E-state index contributed by atoms with van der Waals surface area (Å²) in [6.07, 6.45) is 6.51. The molecule has 1 N–H and O–H groups in total. The van der Waals surface area contributed by atoms with Gasteiger partial charge in [-0.2, -0.15) is 0 Å². The van der Waals surface area contributed by atoms with E-state index in [0.29, 0.717) is 0 Å². The van der Waals surface area contributed by atoms with Gasteiger partial charge in [-0.25, -0.2) is 9.97 Å². The second-order valence-corrected chi connectivity index (χ2v) is 8.32. The predicted octanol–water partition coefficient (Wildman–Crippen LogP) is 4.94. The van der Waals surface area contributed by atoms with Gasteiger partial charge in [0, 0.05) is 22.8 Å². The van der Waals surface area contributed by atoms with E-state index in [2.05, 4.69) is 39.9 Å². The summed E-state index contributed by atoms with van der Waals surface area (Å²) in [6.45, 7) is 11.9. The SMILES string of the molecule is CCCNc1nc(C(C)(C)C)nc(SC2CCCC2)c1C. The van der Waals surface area contributed by atoms with Gasteiger partial charge in [0.1, 0.15) is 16.7 Å². The van der Waals surface area contributed by atoms with Crippen molar-refractivity contribution in [2.75, 3.05) is 11.9 Å². The highest BCUT2D eigenvalue weighted by Crippen LogP contribution is 2.37. The van der Waals surface area contributed by atoms with Gasteiger partial charge in [-0.15, -0.1) is 11.8 Å². The Hall–Kier alpha value is -0.770. The van der Waals surface area contributed by atoms with E-state index in [4.69, 9.17) is 9.97 Å². The van der Waals surface area contributed by atoms with Crippen LogP contribution in [0, 0.1) is 6.92 Å². The summed E-state index contributed by atoms with van der Waals surface area (Å²) in [4.78, 5) is 9.67. The van der Waals surface area contributed by atoms with Gasteiger partial charge >= 0.3 is 0 Å². The van der Waals surface area contributed by atoms with Gasteiger partial charge in [-0.05, 0) is 26.2 Å². The van der Waals surface area contributed by atoms with Crippen LogP contribution in [0.2, 0.25) is 0 Å². The Labute approximate surface area is 133 Å². The van der Waals surface area contributed by atoms with E-state index >= 15 is 0 Å². The van der Waals surface area contributed by atoms with Crippen LogP contribution >= 0.6 is 11.8 Å². The van der Waals surface area contributed by atoms with Crippen molar-refractivity contribution in [3.05, 3.63) is 11.4 Å². The van der Waals surface area contributed by atoms with Crippen LogP contribution in [0.15, 0.2) is 5.03 Å². The second kappa shape index (κ2) is 6.99. The number of anilines is 1. The molecule has 0 radical (unpaired) electrons. The highest BCUT2D eigenvalue weighted by atomic mass is 32.2. The number of nitrogens with one attached hydrogen (secondary N) is 1. The van der Waals surface area contributed by atoms with Crippen LogP contribution in [0.25, 0.3) is 0 Å². The molecule has 1 aromatic heterocycles. The summed E-state index contributed by atoms with van der Waals surface area (Å²) in [5, 5.41) is 5.40. The summed E-state index contributed by atoms with van der Waals surface area (Å²) in [5.74, 6) is 1.98. The molecule has 1 fully saturated rings. The van der Waals surface area contributed by atoms with Crippen molar-refractivity contribution in [2.45, 2.75) is 82.4 Å². The quantitative estimate of drug-likeness (QED) is 0.782. The molecule has 3 nitrogen and oxygen atoms in total. The maximum absolute atomic E-state index is 4.89. The van der Waals surface area contributed by atoms with Crippen molar-refractivity contribution in [2.24, 2.45) is 0 Å². The van der Waals surface area contributed by atoms with Crippen LogP contribution < -0.4 is 5.32 Å². The Balaban J connectivity index is 2.31. The maximum atomic E-state index is 4.89. The van der Waals surface area contributed by atoms with Crippen molar-refractivity contribution in [3.8, 4) is 0 Å². The van der Waals surface area contributed by atoms with E-state index in [-0.39, 0.29) is 5.41 Å². The van der Waals surface area contributed by atoms with E-state index in [1.807, 2.05) is 11.8 Å². The van der Waals surface area contributed by atoms with E-state index in [0.717, 1.165) is 29.9 Å². The van der Waals surface area contributed by atoms with Crippen molar-refractivity contribution in [1.82, 2.24) is 9.97 Å². The van der Waals surface area contributed by atoms with Crippen molar-refractivity contribution >= 4 is 17.6 Å². The third kappa shape index (κ3) is 4.35. The molecule has 1 aliphatic carbocycles. The lowest BCUT2D eigenvalue weighted by atomic mass is 9.95. The molecule has 2 rings (SSSR count). The average Bonchev–Trinajstić information content (AvgIpc) is 2.91. The van der Waals surface area contributed by atoms with Crippen LogP contribution in [0.3, 0.4) is 0 Å². The number of aromatic nitrogens is 2. The first kappa shape index (κ1) is 16.6. The van der Waals surface area contributed by atoms with Crippen LogP contribution in [-0.2, 0) is 5.41 Å². The van der Waals surface area contributed by atoms with Crippen LogP contribution in [0.4, 0.5) is 5.82 Å².